The Bertz CT molecular complexity index is 1560. The molecule has 0 bridgehead atoms. The molecule has 3 atom stereocenters. The van der Waals surface area contributed by atoms with E-state index in [0.717, 1.165) is 16.0 Å². The molecular weight excluding hydrogens is 612 g/mol. The summed E-state index contributed by atoms with van der Waals surface area (Å²) in [6.45, 7) is 3.31. The Hall–Kier alpha value is -5.17. The summed E-state index contributed by atoms with van der Waals surface area (Å²) in [4.78, 5) is 49.8. The standard InChI is InChI=1S/C36H42N6O6/c1-26(2)33(37)34(44)42(36(46)48-25-30-17-9-10-19-39-30)31(20-27-12-5-3-6-13-27)32(43)23-41(22-28-14-7-4-8-15-28)40-35(45)47-24-29-16-11-18-38-21-29/h3-19,21,26,31-33,43H,20,22-25,37H2,1-2H3,(H,40,45)/t31-,32-,33?/m0/s1. The van der Waals surface area contributed by atoms with Crippen molar-refractivity contribution in [3.05, 3.63) is 132 Å². The van der Waals surface area contributed by atoms with Gasteiger partial charge in [0.15, 0.2) is 0 Å². The number of amides is 3. The van der Waals surface area contributed by atoms with Gasteiger partial charge in [-0.2, -0.15) is 0 Å². The third kappa shape index (κ3) is 11.0. The Kier molecular flexibility index (Phi) is 13.6. The Labute approximate surface area is 280 Å². The Morgan fingerprint density at radius 2 is 1.50 bits per heavy atom. The summed E-state index contributed by atoms with van der Waals surface area (Å²) in [7, 11) is 0. The van der Waals surface area contributed by atoms with E-state index in [-0.39, 0.29) is 38.6 Å². The minimum atomic E-state index is -1.38. The topological polar surface area (TPSA) is 160 Å². The molecule has 0 aliphatic carbocycles. The maximum absolute atomic E-state index is 13.9. The molecule has 0 aliphatic heterocycles. The van der Waals surface area contributed by atoms with Gasteiger partial charge in [0, 0.05) is 37.2 Å². The normalized spacial score (nSPS) is 13.0. The van der Waals surface area contributed by atoms with Gasteiger partial charge in [-0.1, -0.05) is 86.6 Å². The second-order valence-corrected chi connectivity index (χ2v) is 11.6. The Morgan fingerprint density at radius 3 is 2.12 bits per heavy atom. The zero-order chi connectivity index (χ0) is 34.3. The zero-order valence-corrected chi connectivity index (χ0v) is 27.1. The molecule has 2 heterocycles. The van der Waals surface area contributed by atoms with Crippen LogP contribution < -0.4 is 11.2 Å². The largest absolute Gasteiger partial charge is 0.444 e. The van der Waals surface area contributed by atoms with Crippen molar-refractivity contribution in [2.24, 2.45) is 11.7 Å². The number of aliphatic hydroxyl groups excluding tert-OH is 1. The van der Waals surface area contributed by atoms with Crippen LogP contribution in [0.25, 0.3) is 0 Å². The van der Waals surface area contributed by atoms with Crippen LogP contribution in [0.3, 0.4) is 0 Å². The van der Waals surface area contributed by atoms with Crippen LogP contribution in [0.1, 0.15) is 36.2 Å². The van der Waals surface area contributed by atoms with Gasteiger partial charge in [-0.25, -0.2) is 19.5 Å². The Morgan fingerprint density at radius 1 is 0.833 bits per heavy atom. The zero-order valence-electron chi connectivity index (χ0n) is 27.1. The molecule has 1 unspecified atom stereocenters. The average Bonchev–Trinajstić information content (AvgIpc) is 3.10. The fourth-order valence-corrected chi connectivity index (χ4v) is 4.87. The van der Waals surface area contributed by atoms with Gasteiger partial charge in [-0.15, -0.1) is 0 Å². The van der Waals surface area contributed by atoms with Crippen molar-refractivity contribution in [2.45, 2.75) is 58.2 Å². The molecule has 0 radical (unpaired) electrons. The molecule has 0 saturated heterocycles. The van der Waals surface area contributed by atoms with E-state index in [9.17, 15) is 19.5 Å². The third-order valence-electron chi connectivity index (χ3n) is 7.54. The van der Waals surface area contributed by atoms with Gasteiger partial charge in [-0.05, 0) is 41.7 Å². The summed E-state index contributed by atoms with van der Waals surface area (Å²) < 4.78 is 11.0. The molecule has 12 nitrogen and oxygen atoms in total. The van der Waals surface area contributed by atoms with Gasteiger partial charge in [0.2, 0.25) is 5.91 Å². The summed E-state index contributed by atoms with van der Waals surface area (Å²) >= 11 is 0. The highest BCUT2D eigenvalue weighted by Crippen LogP contribution is 2.19. The number of nitrogens with zero attached hydrogens (tertiary/aromatic N) is 4. The molecule has 0 spiro atoms. The number of rotatable bonds is 15. The molecule has 0 aliphatic rings. The monoisotopic (exact) mass is 654 g/mol. The quantitative estimate of drug-likeness (QED) is 0.158. The first-order chi connectivity index (χ1) is 23.2. The molecular formula is C36H42N6O6. The fraction of sp³-hybridized carbons (Fsp3) is 0.306. The highest BCUT2D eigenvalue weighted by atomic mass is 16.6. The first-order valence-electron chi connectivity index (χ1n) is 15.7. The number of hydrazine groups is 1. The van der Waals surface area contributed by atoms with E-state index in [1.54, 1.807) is 62.8 Å². The van der Waals surface area contributed by atoms with Crippen LogP contribution >= 0.6 is 0 Å². The van der Waals surface area contributed by atoms with E-state index in [0.29, 0.717) is 11.3 Å². The number of aliphatic hydroxyl groups is 1. The number of imide groups is 1. The Balaban J connectivity index is 1.62. The smallest absolute Gasteiger partial charge is 0.422 e. The third-order valence-corrected chi connectivity index (χ3v) is 7.54. The summed E-state index contributed by atoms with van der Waals surface area (Å²) in [5.74, 6) is -1.02. The van der Waals surface area contributed by atoms with Gasteiger partial charge in [-0.3, -0.25) is 20.2 Å². The van der Waals surface area contributed by atoms with Gasteiger partial charge >= 0.3 is 12.2 Å². The lowest BCUT2D eigenvalue weighted by Crippen LogP contribution is -2.59. The van der Waals surface area contributed by atoms with Crippen molar-refractivity contribution in [3.8, 4) is 0 Å². The number of ether oxygens (including phenoxy) is 2. The van der Waals surface area contributed by atoms with E-state index in [1.165, 1.54) is 5.01 Å². The van der Waals surface area contributed by atoms with E-state index in [2.05, 4.69) is 15.4 Å². The maximum atomic E-state index is 13.9. The second kappa shape index (κ2) is 18.2. The average molecular weight is 655 g/mol. The van der Waals surface area contributed by atoms with Crippen molar-refractivity contribution in [1.29, 1.82) is 0 Å². The molecule has 2 aromatic heterocycles. The lowest BCUT2D eigenvalue weighted by molar-refractivity contribution is -0.136. The number of nitrogens with two attached hydrogens (primary N) is 1. The summed E-state index contributed by atoms with van der Waals surface area (Å²) in [6.07, 6.45) is 1.76. The number of carbonyl (C=O) groups excluding carboxylic acids is 3. The summed E-state index contributed by atoms with van der Waals surface area (Å²) in [6, 6.07) is 25.0. The van der Waals surface area contributed by atoms with Crippen LogP contribution in [0.2, 0.25) is 0 Å². The van der Waals surface area contributed by atoms with Crippen LogP contribution in [0.15, 0.2) is 110 Å². The van der Waals surface area contributed by atoms with Crippen molar-refractivity contribution in [1.82, 2.24) is 25.3 Å². The lowest BCUT2D eigenvalue weighted by atomic mass is 9.97. The van der Waals surface area contributed by atoms with Crippen molar-refractivity contribution >= 4 is 18.1 Å². The number of benzene rings is 2. The van der Waals surface area contributed by atoms with E-state index in [1.807, 2.05) is 60.7 Å². The lowest BCUT2D eigenvalue weighted by Gasteiger charge is -2.36. The number of pyridine rings is 2. The second-order valence-electron chi connectivity index (χ2n) is 11.6. The van der Waals surface area contributed by atoms with Gasteiger partial charge in [0.25, 0.3) is 0 Å². The van der Waals surface area contributed by atoms with Crippen LogP contribution in [-0.4, -0.2) is 67.8 Å². The predicted octanol–water partition coefficient (Wildman–Crippen LogP) is 4.24. The summed E-state index contributed by atoms with van der Waals surface area (Å²) in [5.41, 5.74) is 11.8. The van der Waals surface area contributed by atoms with Gasteiger partial charge in [0.1, 0.15) is 13.2 Å². The number of carbonyl (C=O) groups is 3. The molecule has 3 amide bonds. The minimum Gasteiger partial charge on any atom is -0.444 e. The van der Waals surface area contributed by atoms with Crippen LogP contribution in [-0.2, 0) is 40.4 Å². The molecule has 0 fully saturated rings. The number of hydrogen-bond donors (Lipinski definition) is 3. The predicted molar refractivity (Wildman–Crippen MR) is 178 cm³/mol. The van der Waals surface area contributed by atoms with E-state index < -0.39 is 36.3 Å². The molecule has 252 valence electrons. The van der Waals surface area contributed by atoms with Gasteiger partial charge < -0.3 is 20.3 Å². The van der Waals surface area contributed by atoms with Crippen LogP contribution in [0.5, 0.6) is 0 Å². The highest BCUT2D eigenvalue weighted by molar-refractivity contribution is 5.95. The summed E-state index contributed by atoms with van der Waals surface area (Å²) in [5, 5.41) is 13.4. The number of hydrogen-bond acceptors (Lipinski definition) is 10. The molecule has 12 heteroatoms. The molecule has 4 aromatic rings. The fourth-order valence-electron chi connectivity index (χ4n) is 4.87. The molecule has 4 N–H and O–H groups in total. The minimum absolute atomic E-state index is 0.0183. The van der Waals surface area contributed by atoms with Crippen LogP contribution in [0, 0.1) is 5.92 Å². The van der Waals surface area contributed by atoms with Crippen molar-refractivity contribution in [3.63, 3.8) is 0 Å². The molecule has 2 aromatic carbocycles. The molecule has 48 heavy (non-hydrogen) atoms. The molecule has 0 saturated carbocycles. The van der Waals surface area contributed by atoms with E-state index in [4.69, 9.17) is 15.2 Å². The first-order valence-corrected chi connectivity index (χ1v) is 15.7. The highest BCUT2D eigenvalue weighted by Gasteiger charge is 2.39. The SMILES string of the molecule is CC(C)C(N)C(=O)N(C(=O)OCc1ccccn1)[C@@H](Cc1ccccc1)[C@@H](O)CN(Cc1ccccc1)NC(=O)OCc1cccnc1. The van der Waals surface area contributed by atoms with Crippen molar-refractivity contribution < 1.29 is 29.0 Å². The maximum Gasteiger partial charge on any atom is 0.422 e. The first kappa shape index (κ1) is 35.7. The van der Waals surface area contributed by atoms with Gasteiger partial charge in [0.05, 0.1) is 23.9 Å². The van der Waals surface area contributed by atoms with Crippen molar-refractivity contribution in [2.75, 3.05) is 6.54 Å². The van der Waals surface area contributed by atoms with Crippen LogP contribution in [0.4, 0.5) is 9.59 Å². The number of nitrogens with one attached hydrogen (secondary N) is 1. The number of aromatic nitrogens is 2. The van der Waals surface area contributed by atoms with E-state index >= 15 is 0 Å². The molecule has 4 rings (SSSR count).